The van der Waals surface area contributed by atoms with Crippen molar-refractivity contribution < 1.29 is 24.0 Å². The lowest BCUT2D eigenvalue weighted by Gasteiger charge is -2.18. The van der Waals surface area contributed by atoms with Crippen LogP contribution in [0, 0.1) is 16.0 Å². The van der Waals surface area contributed by atoms with E-state index in [1.807, 2.05) is 0 Å². The van der Waals surface area contributed by atoms with Crippen molar-refractivity contribution in [3.63, 3.8) is 0 Å². The molecule has 0 saturated carbocycles. The summed E-state index contributed by atoms with van der Waals surface area (Å²) in [5.41, 5.74) is 0.640. The molecule has 1 amide bonds. The van der Waals surface area contributed by atoms with E-state index in [2.05, 4.69) is 19.2 Å². The van der Waals surface area contributed by atoms with Crippen LogP contribution in [0.5, 0.6) is 5.75 Å². The van der Waals surface area contributed by atoms with Crippen LogP contribution in [0.15, 0.2) is 48.5 Å². The van der Waals surface area contributed by atoms with Crippen LogP contribution >= 0.6 is 0 Å². The van der Waals surface area contributed by atoms with Gasteiger partial charge in [0, 0.05) is 11.6 Å². The lowest BCUT2D eigenvalue weighted by Crippen LogP contribution is -2.35. The van der Waals surface area contributed by atoms with E-state index in [0.717, 1.165) is 12.8 Å². The first-order valence-electron chi connectivity index (χ1n) is 10.2. The number of nitrogens with zero attached hydrogens (tertiary/aromatic N) is 1. The van der Waals surface area contributed by atoms with Gasteiger partial charge >= 0.3 is 5.97 Å². The number of amides is 1. The van der Waals surface area contributed by atoms with Crippen LogP contribution in [-0.2, 0) is 20.7 Å². The number of nitro groups is 1. The first kappa shape index (κ1) is 23.9. The highest BCUT2D eigenvalue weighted by Gasteiger charge is 2.25. The van der Waals surface area contributed by atoms with Gasteiger partial charge in [-0.25, -0.2) is 4.79 Å². The number of para-hydroxylation sites is 1. The van der Waals surface area contributed by atoms with E-state index in [1.165, 1.54) is 25.3 Å². The van der Waals surface area contributed by atoms with Crippen molar-refractivity contribution >= 4 is 17.6 Å². The van der Waals surface area contributed by atoms with E-state index in [9.17, 15) is 19.7 Å². The largest absolute Gasteiger partial charge is 0.493 e. The van der Waals surface area contributed by atoms with Crippen LogP contribution in [0.25, 0.3) is 0 Å². The summed E-state index contributed by atoms with van der Waals surface area (Å²) in [5.74, 6) is -0.0602. The van der Waals surface area contributed by atoms with Crippen LogP contribution in [0.3, 0.4) is 0 Å². The van der Waals surface area contributed by atoms with Gasteiger partial charge < -0.3 is 14.8 Å². The Morgan fingerprint density at radius 2 is 1.81 bits per heavy atom. The fraction of sp³-hybridized carbons (Fsp3) is 0.391. The fourth-order valence-electron chi connectivity index (χ4n) is 3.19. The smallest absolute Gasteiger partial charge is 0.333 e. The van der Waals surface area contributed by atoms with Crippen molar-refractivity contribution in [1.82, 2.24) is 5.32 Å². The summed E-state index contributed by atoms with van der Waals surface area (Å²) in [5, 5.41) is 13.8. The third-order valence-corrected chi connectivity index (χ3v) is 4.81. The molecule has 2 rings (SSSR count). The number of carbonyl (C=O) groups is 2. The van der Waals surface area contributed by atoms with Gasteiger partial charge in [0.15, 0.2) is 6.04 Å². The molecule has 8 heteroatoms. The SMILES string of the molecule is CCCC(C)COc1ccc([C@@H](NC(=O)Cc2ccccc2[N+](=O)[O-])C(=O)OC)cc1. The number of esters is 1. The Labute approximate surface area is 181 Å². The van der Waals surface area contributed by atoms with Crippen LogP contribution < -0.4 is 10.1 Å². The minimum Gasteiger partial charge on any atom is -0.493 e. The monoisotopic (exact) mass is 428 g/mol. The highest BCUT2D eigenvalue weighted by molar-refractivity contribution is 5.87. The van der Waals surface area contributed by atoms with Crippen molar-refractivity contribution in [1.29, 1.82) is 0 Å². The maximum Gasteiger partial charge on any atom is 0.333 e. The molecule has 1 N–H and O–H groups in total. The molecular weight excluding hydrogens is 400 g/mol. The van der Waals surface area contributed by atoms with Crippen LogP contribution in [0.2, 0.25) is 0 Å². The summed E-state index contributed by atoms with van der Waals surface area (Å²) >= 11 is 0. The lowest BCUT2D eigenvalue weighted by molar-refractivity contribution is -0.385. The van der Waals surface area contributed by atoms with Crippen molar-refractivity contribution in [3.05, 3.63) is 69.8 Å². The normalized spacial score (nSPS) is 12.5. The maximum atomic E-state index is 12.5. The van der Waals surface area contributed by atoms with Gasteiger partial charge in [0.05, 0.1) is 25.1 Å². The lowest BCUT2D eigenvalue weighted by atomic mass is 10.0. The van der Waals surface area contributed by atoms with Gasteiger partial charge in [0.25, 0.3) is 5.69 Å². The molecule has 2 atom stereocenters. The molecule has 166 valence electrons. The van der Waals surface area contributed by atoms with E-state index in [0.29, 0.717) is 23.8 Å². The Hall–Kier alpha value is -3.42. The minimum absolute atomic E-state index is 0.147. The zero-order valence-electron chi connectivity index (χ0n) is 18.0. The number of benzene rings is 2. The van der Waals surface area contributed by atoms with Gasteiger partial charge in [-0.3, -0.25) is 14.9 Å². The Bertz CT molecular complexity index is 897. The standard InChI is InChI=1S/C23H28N2O6/c1-4-7-16(2)15-31-19-12-10-17(11-13-19)22(23(27)30-3)24-21(26)14-18-8-5-6-9-20(18)25(28)29/h5-6,8-13,16,22H,4,7,14-15H2,1-3H3,(H,24,26)/t16?,22-/m1/s1. The van der Waals surface area contributed by atoms with Crippen molar-refractivity contribution in [3.8, 4) is 5.75 Å². The van der Waals surface area contributed by atoms with E-state index in [4.69, 9.17) is 9.47 Å². The molecule has 0 aliphatic heterocycles. The highest BCUT2D eigenvalue weighted by Crippen LogP contribution is 2.22. The second-order valence-electron chi connectivity index (χ2n) is 7.36. The van der Waals surface area contributed by atoms with Gasteiger partial charge in [-0.15, -0.1) is 0 Å². The molecule has 0 aliphatic rings. The zero-order valence-corrected chi connectivity index (χ0v) is 18.0. The summed E-state index contributed by atoms with van der Waals surface area (Å²) in [6.45, 7) is 4.85. The zero-order chi connectivity index (χ0) is 22.8. The first-order chi connectivity index (χ1) is 14.8. The number of carbonyl (C=O) groups excluding carboxylic acids is 2. The van der Waals surface area contributed by atoms with E-state index < -0.39 is 22.8 Å². The second kappa shape index (κ2) is 11.7. The molecule has 0 bridgehead atoms. The van der Waals surface area contributed by atoms with Crippen LogP contribution in [-0.4, -0.2) is 30.5 Å². The van der Waals surface area contributed by atoms with Crippen molar-refractivity contribution in [2.24, 2.45) is 5.92 Å². The number of hydrogen-bond acceptors (Lipinski definition) is 6. The maximum absolute atomic E-state index is 12.5. The Balaban J connectivity index is 2.09. The average Bonchev–Trinajstić information content (AvgIpc) is 2.76. The van der Waals surface area contributed by atoms with Crippen molar-refractivity contribution in [2.75, 3.05) is 13.7 Å². The number of nitrogens with one attached hydrogen (secondary N) is 1. The predicted molar refractivity (Wildman–Crippen MR) is 116 cm³/mol. The quantitative estimate of drug-likeness (QED) is 0.329. The summed E-state index contributed by atoms with van der Waals surface area (Å²) in [6.07, 6.45) is 1.94. The third kappa shape index (κ3) is 7.09. The Kier molecular flexibility index (Phi) is 8.99. The molecule has 8 nitrogen and oxygen atoms in total. The molecular formula is C23H28N2O6. The molecule has 1 unspecified atom stereocenters. The molecule has 31 heavy (non-hydrogen) atoms. The van der Waals surface area contributed by atoms with Crippen LogP contribution in [0.4, 0.5) is 5.69 Å². The third-order valence-electron chi connectivity index (χ3n) is 4.81. The number of nitro benzene ring substituents is 1. The molecule has 0 radical (unpaired) electrons. The van der Waals surface area contributed by atoms with Gasteiger partial charge in [-0.05, 0) is 30.0 Å². The van der Waals surface area contributed by atoms with E-state index in [1.54, 1.807) is 30.3 Å². The summed E-state index contributed by atoms with van der Waals surface area (Å²) in [4.78, 5) is 35.4. The fourth-order valence-corrected chi connectivity index (χ4v) is 3.19. The second-order valence-corrected chi connectivity index (χ2v) is 7.36. The minimum atomic E-state index is -1.03. The molecule has 0 spiro atoms. The summed E-state index contributed by atoms with van der Waals surface area (Å²) in [6, 6.07) is 11.8. The van der Waals surface area contributed by atoms with Gasteiger partial charge in [0.2, 0.25) is 5.91 Å². The Morgan fingerprint density at radius 3 is 2.42 bits per heavy atom. The summed E-state index contributed by atoms with van der Waals surface area (Å²) in [7, 11) is 1.23. The first-order valence-corrected chi connectivity index (χ1v) is 10.2. The number of methoxy groups -OCH3 is 1. The predicted octanol–water partition coefficient (Wildman–Crippen LogP) is 3.98. The van der Waals surface area contributed by atoms with E-state index >= 15 is 0 Å². The van der Waals surface area contributed by atoms with Crippen molar-refractivity contribution in [2.45, 2.75) is 39.2 Å². The van der Waals surface area contributed by atoms with E-state index in [-0.39, 0.29) is 17.7 Å². The molecule has 0 aromatic heterocycles. The number of ether oxygens (including phenoxy) is 2. The molecule has 0 aliphatic carbocycles. The summed E-state index contributed by atoms with van der Waals surface area (Å²) < 4.78 is 10.6. The van der Waals surface area contributed by atoms with Gasteiger partial charge in [0.1, 0.15) is 5.75 Å². The van der Waals surface area contributed by atoms with Crippen LogP contribution in [0.1, 0.15) is 43.9 Å². The molecule has 0 fully saturated rings. The number of rotatable bonds is 11. The highest BCUT2D eigenvalue weighted by atomic mass is 16.6. The average molecular weight is 428 g/mol. The molecule has 2 aromatic carbocycles. The Morgan fingerprint density at radius 1 is 1.13 bits per heavy atom. The molecule has 2 aromatic rings. The molecule has 0 heterocycles. The topological polar surface area (TPSA) is 108 Å². The van der Waals surface area contributed by atoms with Gasteiger partial charge in [-0.1, -0.05) is 50.6 Å². The van der Waals surface area contributed by atoms with Gasteiger partial charge in [-0.2, -0.15) is 0 Å². The number of hydrogen-bond donors (Lipinski definition) is 1. The molecule has 0 saturated heterocycles.